The molecule has 2 fully saturated rings. The van der Waals surface area contributed by atoms with Gasteiger partial charge in [0.25, 0.3) is 5.91 Å². The van der Waals surface area contributed by atoms with Gasteiger partial charge in [0.15, 0.2) is 11.5 Å². The van der Waals surface area contributed by atoms with Gasteiger partial charge in [-0.2, -0.15) is 0 Å². The highest BCUT2D eigenvalue weighted by Crippen LogP contribution is 2.56. The van der Waals surface area contributed by atoms with E-state index in [-0.39, 0.29) is 0 Å². The number of ether oxygens (including phenoxy) is 1. The number of benzene rings is 3. The first-order chi connectivity index (χ1) is 17.6. The molecule has 2 aliphatic rings. The molecule has 3 aromatic carbocycles. The summed E-state index contributed by atoms with van der Waals surface area (Å²) in [5, 5.41) is 15.9. The molecule has 5 rings (SSSR count). The Labute approximate surface area is 220 Å². The highest BCUT2D eigenvalue weighted by Gasteiger charge is 2.74. The van der Waals surface area contributed by atoms with E-state index in [4.69, 9.17) is 4.74 Å². The number of aryl methyl sites for hydroxylation is 1. The molecule has 8 heteroatoms. The molecule has 0 saturated carbocycles. The molecule has 190 valence electrons. The number of carbonyl (C=O) groups is 3. The predicted molar refractivity (Wildman–Crippen MR) is 141 cm³/mol. The van der Waals surface area contributed by atoms with Crippen LogP contribution >= 0.6 is 11.8 Å². The Kier molecular flexibility index (Phi) is 6.43. The number of fused-ring (bicyclic) bond motifs is 1. The molecule has 3 aromatic rings. The van der Waals surface area contributed by atoms with Crippen LogP contribution in [0.1, 0.15) is 47.0 Å². The average molecular weight is 517 g/mol. The Morgan fingerprint density at radius 1 is 0.946 bits per heavy atom. The minimum absolute atomic E-state index is 0.404. The van der Waals surface area contributed by atoms with E-state index in [9.17, 15) is 19.6 Å². The second-order valence-corrected chi connectivity index (χ2v) is 11.8. The second kappa shape index (κ2) is 9.45. The fraction of sp³-hybridized carbons (Fsp3) is 0.276. The number of quaternary nitrogens is 1. The number of hydroxylamine groups is 3. The maximum absolute atomic E-state index is 14.0. The molecule has 4 atom stereocenters. The van der Waals surface area contributed by atoms with Crippen molar-refractivity contribution in [1.82, 2.24) is 5.32 Å². The number of nitrogens with one attached hydrogen (secondary N) is 1. The molecule has 0 unspecified atom stereocenters. The monoisotopic (exact) mass is 516 g/mol. The third-order valence-electron chi connectivity index (χ3n) is 7.00. The molecule has 2 amide bonds. The van der Waals surface area contributed by atoms with Crippen molar-refractivity contribution in [3.8, 4) is 0 Å². The molecule has 1 N–H and O–H groups in total. The maximum Gasteiger partial charge on any atom is 0.368 e. The number of hydrogen-bond acceptors (Lipinski definition) is 6. The third kappa shape index (κ3) is 4.35. The summed E-state index contributed by atoms with van der Waals surface area (Å²) in [5.41, 5.74) is 2.93. The van der Waals surface area contributed by atoms with E-state index in [0.29, 0.717) is 5.56 Å². The van der Waals surface area contributed by atoms with Gasteiger partial charge in [-0.05, 0) is 44.0 Å². The molecule has 2 heterocycles. The van der Waals surface area contributed by atoms with Gasteiger partial charge >= 0.3 is 11.9 Å². The fourth-order valence-electron chi connectivity index (χ4n) is 5.13. The Hall–Kier alpha value is -3.46. The predicted octanol–water partition coefficient (Wildman–Crippen LogP) is 4.50. The van der Waals surface area contributed by atoms with Gasteiger partial charge in [0, 0.05) is 5.56 Å². The molecule has 0 aliphatic carbocycles. The maximum atomic E-state index is 14.0. The lowest BCUT2D eigenvalue weighted by molar-refractivity contribution is -0.857. The van der Waals surface area contributed by atoms with Crippen LogP contribution in [0.5, 0.6) is 0 Å². The summed E-state index contributed by atoms with van der Waals surface area (Å²) >= 11 is 1.25. The molecule has 0 spiro atoms. The molecule has 2 aliphatic heterocycles. The summed E-state index contributed by atoms with van der Waals surface area (Å²) in [7, 11) is 0. The van der Waals surface area contributed by atoms with Gasteiger partial charge in [-0.1, -0.05) is 90.1 Å². The van der Waals surface area contributed by atoms with E-state index >= 15 is 0 Å². The molecular weight excluding hydrogens is 488 g/mol. The van der Waals surface area contributed by atoms with Crippen molar-refractivity contribution in [2.24, 2.45) is 0 Å². The minimum atomic E-state index is -1.34. The van der Waals surface area contributed by atoms with Crippen molar-refractivity contribution in [3.63, 3.8) is 0 Å². The van der Waals surface area contributed by atoms with Crippen LogP contribution in [0.4, 0.5) is 0 Å². The van der Waals surface area contributed by atoms with E-state index in [2.05, 4.69) is 5.32 Å². The zero-order chi connectivity index (χ0) is 26.4. The SMILES string of the molecule is Cc1ccc(C(=O)N[C@@H]2C(=O)[N@@+]3([O-])[C@@H]2SC(C)(C)[C@@H]3C(=O)OC(c2ccccc2)c2ccccc2)cc1. The van der Waals surface area contributed by atoms with Crippen LogP contribution in [0.2, 0.25) is 0 Å². The summed E-state index contributed by atoms with van der Waals surface area (Å²) in [6.07, 6.45) is -0.727. The third-order valence-corrected chi connectivity index (χ3v) is 8.66. The highest BCUT2D eigenvalue weighted by molar-refractivity contribution is 8.01. The van der Waals surface area contributed by atoms with E-state index in [1.54, 1.807) is 38.1 Å². The summed E-state index contributed by atoms with van der Waals surface area (Å²) in [6.45, 7) is 5.45. The number of hydrogen-bond donors (Lipinski definition) is 1. The van der Waals surface area contributed by atoms with Crippen LogP contribution in [-0.2, 0) is 14.3 Å². The van der Waals surface area contributed by atoms with Crippen molar-refractivity contribution in [3.05, 3.63) is 112 Å². The Morgan fingerprint density at radius 2 is 1.49 bits per heavy atom. The number of nitrogens with zero attached hydrogens (tertiary/aromatic N) is 1. The fourth-order valence-corrected chi connectivity index (χ4v) is 6.84. The number of β-lactam (4-membered cyclic amide) rings is 1. The first kappa shape index (κ1) is 25.2. The standard InChI is InChI=1S/C29H28N2O5S/c1-18-14-16-21(17-15-18)25(32)30-22-26(33)31(35)24(29(2,3)37-27(22)31)28(34)36-23(19-10-6-4-7-11-19)20-12-8-5-9-13-20/h4-17,22-24,27H,1-3H3,(H,30,32)/t22-,24+,27-,31-/m1/s1. The molecule has 0 radical (unpaired) electrons. The minimum Gasteiger partial charge on any atom is -0.624 e. The Balaban J connectivity index is 1.39. The first-order valence-corrected chi connectivity index (χ1v) is 13.0. The van der Waals surface area contributed by atoms with Crippen molar-refractivity contribution >= 4 is 29.5 Å². The quantitative estimate of drug-likeness (QED) is 0.224. The van der Waals surface area contributed by atoms with E-state index in [1.165, 1.54) is 11.8 Å². The van der Waals surface area contributed by atoms with Gasteiger partial charge in [0.1, 0.15) is 0 Å². The van der Waals surface area contributed by atoms with E-state index in [0.717, 1.165) is 16.7 Å². The zero-order valence-corrected chi connectivity index (χ0v) is 21.6. The van der Waals surface area contributed by atoms with E-state index in [1.807, 2.05) is 67.6 Å². The summed E-state index contributed by atoms with van der Waals surface area (Å²) in [5.74, 6) is -1.90. The van der Waals surface area contributed by atoms with Gasteiger partial charge in [0.05, 0.1) is 4.75 Å². The van der Waals surface area contributed by atoms with Crippen molar-refractivity contribution in [2.75, 3.05) is 0 Å². The van der Waals surface area contributed by atoms with Crippen LogP contribution < -0.4 is 5.32 Å². The van der Waals surface area contributed by atoms with Crippen molar-refractivity contribution in [2.45, 2.75) is 49.1 Å². The Morgan fingerprint density at radius 3 is 2.03 bits per heavy atom. The molecule has 0 aromatic heterocycles. The van der Waals surface area contributed by atoms with Crippen molar-refractivity contribution < 1.29 is 23.8 Å². The summed E-state index contributed by atoms with van der Waals surface area (Å²) in [4.78, 5) is 39.6. The lowest BCUT2D eigenvalue weighted by atomic mass is 9.94. The van der Waals surface area contributed by atoms with Gasteiger partial charge < -0.3 is 15.3 Å². The summed E-state index contributed by atoms with van der Waals surface area (Å²) < 4.78 is 3.77. The molecule has 2 saturated heterocycles. The number of amides is 2. The van der Waals surface area contributed by atoms with Crippen LogP contribution in [0.25, 0.3) is 0 Å². The molecule has 0 bridgehead atoms. The number of thioether (sulfide) groups is 1. The van der Waals surface area contributed by atoms with Crippen LogP contribution in [0.3, 0.4) is 0 Å². The topological polar surface area (TPSA) is 95.5 Å². The van der Waals surface area contributed by atoms with Crippen LogP contribution in [0, 0.1) is 12.1 Å². The van der Waals surface area contributed by atoms with Gasteiger partial charge in [-0.25, -0.2) is 9.59 Å². The van der Waals surface area contributed by atoms with Gasteiger partial charge in [0.2, 0.25) is 12.1 Å². The normalized spacial score (nSPS) is 25.8. The highest BCUT2D eigenvalue weighted by atomic mass is 32.2. The number of rotatable bonds is 6. The van der Waals surface area contributed by atoms with Crippen LogP contribution in [-0.4, -0.2) is 44.6 Å². The average Bonchev–Trinajstić information content (AvgIpc) is 3.09. The van der Waals surface area contributed by atoms with Gasteiger partial charge in [-0.15, -0.1) is 0 Å². The summed E-state index contributed by atoms with van der Waals surface area (Å²) in [6, 6.07) is 23.3. The molecular formula is C29H28N2O5S. The van der Waals surface area contributed by atoms with E-state index < -0.39 is 50.7 Å². The largest absolute Gasteiger partial charge is 0.624 e. The molecule has 7 nitrogen and oxygen atoms in total. The number of esters is 1. The second-order valence-electron chi connectivity index (χ2n) is 10.0. The van der Waals surface area contributed by atoms with Gasteiger partial charge in [-0.3, -0.25) is 9.44 Å². The van der Waals surface area contributed by atoms with Crippen molar-refractivity contribution in [1.29, 1.82) is 0 Å². The first-order valence-electron chi connectivity index (χ1n) is 12.1. The Bertz CT molecular complexity index is 1290. The number of carbonyl (C=O) groups excluding carboxylic acids is 3. The smallest absolute Gasteiger partial charge is 0.368 e. The lowest BCUT2D eigenvalue weighted by Gasteiger charge is -2.54. The van der Waals surface area contributed by atoms with Crippen LogP contribution in [0.15, 0.2) is 84.9 Å². The zero-order valence-electron chi connectivity index (χ0n) is 20.8. The lowest BCUT2D eigenvalue weighted by Crippen LogP contribution is -2.79. The molecule has 37 heavy (non-hydrogen) atoms.